The molecule has 9 amide bonds. The molecule has 0 aliphatic heterocycles. The zero-order valence-electron chi connectivity index (χ0n) is 78.1. The van der Waals surface area contributed by atoms with Crippen LogP contribution in [0.4, 0.5) is 43.2 Å². The summed E-state index contributed by atoms with van der Waals surface area (Å²) in [6.07, 6.45) is -11.8. The largest absolute Gasteiger partial charge is 0.460 e. The highest BCUT2D eigenvalue weighted by Gasteiger charge is 2.34. The van der Waals surface area contributed by atoms with Gasteiger partial charge < -0.3 is 119 Å². The van der Waals surface area contributed by atoms with Gasteiger partial charge in [-0.25, -0.2) is 71.9 Å². The van der Waals surface area contributed by atoms with Crippen molar-refractivity contribution in [2.24, 2.45) is 0 Å². The molecular formula is C87H132N10O30. The molecule has 0 radical (unpaired) electrons. The molecule has 710 valence electrons. The van der Waals surface area contributed by atoms with Gasteiger partial charge >= 0.3 is 90.7 Å². The van der Waals surface area contributed by atoms with Crippen molar-refractivity contribution in [3.63, 3.8) is 0 Å². The molecule has 127 heavy (non-hydrogen) atoms. The second kappa shape index (κ2) is 48.0. The van der Waals surface area contributed by atoms with E-state index in [0.717, 1.165) is 0 Å². The number of alkyl carbamates (subject to hydrolysis) is 9. The number of amides is 9. The first-order chi connectivity index (χ1) is 58.1. The molecule has 40 nitrogen and oxygen atoms in total. The van der Waals surface area contributed by atoms with Crippen LogP contribution < -0.4 is 47.9 Å². The van der Waals surface area contributed by atoms with Gasteiger partial charge in [-0.15, -0.1) is 0 Å². The fraction of sp³-hybridized carbons (Fsp3) is 0.621. The number of nitrogens with zero attached hydrogens (tertiary/aromatic N) is 1. The number of ether oxygens (including phenoxy) is 15. The summed E-state index contributed by atoms with van der Waals surface area (Å²) >= 11 is 0. The normalized spacial score (nSPS) is 12.8. The fourth-order valence-corrected chi connectivity index (χ4v) is 10.2. The summed E-state index contributed by atoms with van der Waals surface area (Å²) in [5.41, 5.74) is -9.45. The Kier molecular flexibility index (Phi) is 41.2. The molecule has 0 saturated heterocycles. The molecule has 9 N–H and O–H groups in total. The lowest BCUT2D eigenvalue weighted by Gasteiger charge is -2.34. The Bertz CT molecular complexity index is 3670. The predicted molar refractivity (Wildman–Crippen MR) is 459 cm³/mol. The van der Waals surface area contributed by atoms with Crippen molar-refractivity contribution in [3.05, 3.63) is 106 Å². The van der Waals surface area contributed by atoms with Crippen molar-refractivity contribution in [1.29, 1.82) is 0 Å². The van der Waals surface area contributed by atoms with Gasteiger partial charge in [-0.3, -0.25) is 4.90 Å². The summed E-state index contributed by atoms with van der Waals surface area (Å²) in [6, 6.07) is 10.7. The Morgan fingerprint density at radius 1 is 0.228 bits per heavy atom. The number of benzene rings is 3. The van der Waals surface area contributed by atoms with Crippen LogP contribution >= 0.6 is 0 Å². The van der Waals surface area contributed by atoms with Gasteiger partial charge in [0.2, 0.25) is 0 Å². The van der Waals surface area contributed by atoms with E-state index in [1.54, 1.807) is 187 Å². The SMILES string of the molecule is CC(C)(C)OC(=O)NCC(CNC(=O)OC(C)(C)C)OC(=O)c1ccc(C(=O)OC[C@@H](CN(C[C@H](COC(=O)c2ccc(C(=O)OC(CNC(=O)OC(C)(C)C)CNC(=O)OC(C)(C)C)cc2)NC(=O)OC(C)(C)C)C[C@H](COC(=O)c2ccc(C(=O)OC(CNC(=O)OC(C)(C)C)CNC(=O)OC(C)(C)C)cc2)NC(=O)OC(C)(C)C)NC(=O)OC(C)(C)C)cc1. The first-order valence-corrected chi connectivity index (χ1v) is 41.1. The van der Waals surface area contributed by atoms with Gasteiger partial charge in [0.15, 0.2) is 0 Å². The Hall–Kier alpha value is -12.1. The lowest BCUT2D eigenvalue weighted by Crippen LogP contribution is -2.56. The highest BCUT2D eigenvalue weighted by Crippen LogP contribution is 2.20. The van der Waals surface area contributed by atoms with E-state index < -0.39 is 217 Å². The minimum atomic E-state index is -1.35. The van der Waals surface area contributed by atoms with E-state index in [1.807, 2.05) is 0 Å². The molecule has 0 unspecified atom stereocenters. The Morgan fingerprint density at radius 3 is 0.520 bits per heavy atom. The van der Waals surface area contributed by atoms with Gasteiger partial charge in [0, 0.05) is 19.6 Å². The highest BCUT2D eigenvalue weighted by molar-refractivity contribution is 5.95. The van der Waals surface area contributed by atoms with Gasteiger partial charge in [0.25, 0.3) is 0 Å². The molecule has 0 bridgehead atoms. The maximum Gasteiger partial charge on any atom is 0.408 e. The van der Waals surface area contributed by atoms with Gasteiger partial charge in [0.05, 0.1) is 90.8 Å². The number of rotatable bonds is 36. The van der Waals surface area contributed by atoms with E-state index in [4.69, 9.17) is 71.1 Å². The smallest absolute Gasteiger partial charge is 0.408 e. The van der Waals surface area contributed by atoms with Crippen molar-refractivity contribution in [3.8, 4) is 0 Å². The Labute approximate surface area is 742 Å². The van der Waals surface area contributed by atoms with Crippen LogP contribution in [0.1, 0.15) is 249 Å². The maximum atomic E-state index is 14.2. The third kappa shape index (κ3) is 50.6. The van der Waals surface area contributed by atoms with Crippen molar-refractivity contribution in [1.82, 2.24) is 52.8 Å². The second-order valence-electron chi connectivity index (χ2n) is 38.2. The van der Waals surface area contributed by atoms with E-state index >= 15 is 0 Å². The summed E-state index contributed by atoms with van der Waals surface area (Å²) in [5.74, 6) is -5.89. The predicted octanol–water partition coefficient (Wildman–Crippen LogP) is 11.3. The monoisotopic (exact) mass is 1800 g/mol. The molecule has 3 atom stereocenters. The molecule has 0 spiro atoms. The van der Waals surface area contributed by atoms with E-state index in [2.05, 4.69) is 47.9 Å². The van der Waals surface area contributed by atoms with Crippen LogP contribution in [-0.4, -0.2) is 261 Å². The lowest BCUT2D eigenvalue weighted by atomic mass is 10.1. The van der Waals surface area contributed by atoms with Crippen molar-refractivity contribution in [2.45, 2.75) is 274 Å². The third-order valence-corrected chi connectivity index (χ3v) is 15.0. The van der Waals surface area contributed by atoms with Crippen LogP contribution in [0.2, 0.25) is 0 Å². The minimum absolute atomic E-state index is 0.0983. The zero-order chi connectivity index (χ0) is 96.6. The summed E-state index contributed by atoms with van der Waals surface area (Å²) in [7, 11) is 0. The van der Waals surface area contributed by atoms with Crippen molar-refractivity contribution >= 4 is 90.7 Å². The average molecular weight is 1800 g/mol. The van der Waals surface area contributed by atoms with E-state index in [1.165, 1.54) is 77.7 Å². The Morgan fingerprint density at radius 2 is 0.370 bits per heavy atom. The third-order valence-electron chi connectivity index (χ3n) is 15.0. The number of hydrogen-bond donors (Lipinski definition) is 9. The van der Waals surface area contributed by atoms with Gasteiger partial charge in [0.1, 0.15) is 88.5 Å². The minimum Gasteiger partial charge on any atom is -0.460 e. The zero-order valence-corrected chi connectivity index (χ0v) is 78.1. The lowest BCUT2D eigenvalue weighted by molar-refractivity contribution is 0.0221. The number of carbonyl (C=O) groups excluding carboxylic acids is 15. The van der Waals surface area contributed by atoms with Gasteiger partial charge in [-0.2, -0.15) is 0 Å². The van der Waals surface area contributed by atoms with Crippen molar-refractivity contribution < 1.29 is 143 Å². The molecule has 0 saturated carbocycles. The topological polar surface area (TPSA) is 506 Å². The molecule has 3 rings (SSSR count). The number of carbonyl (C=O) groups is 15. The summed E-state index contributed by atoms with van der Waals surface area (Å²) in [5, 5.41) is 23.2. The molecule has 0 aliphatic carbocycles. The number of nitrogens with one attached hydrogen (secondary N) is 9. The van der Waals surface area contributed by atoms with Crippen LogP contribution in [0, 0.1) is 0 Å². The van der Waals surface area contributed by atoms with Crippen LogP contribution in [0.25, 0.3) is 0 Å². The fourth-order valence-electron chi connectivity index (χ4n) is 10.2. The first-order valence-electron chi connectivity index (χ1n) is 41.1. The molecular weight excluding hydrogens is 1660 g/mol. The quantitative estimate of drug-likeness (QED) is 0.0193. The maximum absolute atomic E-state index is 14.2. The summed E-state index contributed by atoms with van der Waals surface area (Å²) in [6.45, 7) is 38.3. The molecule has 0 fully saturated rings. The standard InChI is InChI=1S/C87H132N10O30/c1-79(2,3)119-70(104)88-40-61(41-89-71(105)120-80(4,5)6)116-67(101)55-34-28-52(29-35-55)64(98)113-49-58(94-76(110)125-85(19,20)21)46-97(47-59(95-77(111)126-86(22,23)24)50-114-65(99)53-30-36-56(37-31-53)68(102)117-62(42-90-72(106)121-81(7,8)9)43-91-73(107)122-82(10,11)12)48-60(96-78(112)127-87(25,26)27)51-115-66(100)54-32-38-57(39-33-54)69(103)118-63(44-92-74(108)123-83(13,14)15)45-93-75(109)124-84(16,17)18/h28-39,58-63H,40-51H2,1-27H3,(H,88,104)(H,89,105)(H,90,106)(H,91,107)(H,92,108)(H,93,109)(H,94,110)(H,95,111)(H,96,112)/t58-,59-,60-/m1/s1. The first kappa shape index (κ1) is 109. The molecule has 0 heterocycles. The highest BCUT2D eigenvalue weighted by atomic mass is 16.6. The molecule has 40 heteroatoms. The van der Waals surface area contributed by atoms with Crippen LogP contribution in [0.3, 0.4) is 0 Å². The Balaban J connectivity index is 2.22. The molecule has 3 aromatic carbocycles. The van der Waals surface area contributed by atoms with E-state index in [0.29, 0.717) is 0 Å². The van der Waals surface area contributed by atoms with Gasteiger partial charge in [-0.05, 0) is 260 Å². The van der Waals surface area contributed by atoms with Gasteiger partial charge in [-0.1, -0.05) is 0 Å². The van der Waals surface area contributed by atoms with E-state index in [-0.39, 0.29) is 72.6 Å². The number of hydrogen-bond acceptors (Lipinski definition) is 31. The number of esters is 6. The molecule has 0 aliphatic rings. The van der Waals surface area contributed by atoms with Crippen LogP contribution in [-0.2, 0) is 71.1 Å². The van der Waals surface area contributed by atoms with Crippen LogP contribution in [0.15, 0.2) is 72.8 Å². The van der Waals surface area contributed by atoms with Crippen LogP contribution in [0.5, 0.6) is 0 Å². The van der Waals surface area contributed by atoms with Crippen molar-refractivity contribution in [2.75, 3.05) is 78.7 Å². The average Bonchev–Trinajstić information content (AvgIpc) is 0.869. The summed E-state index contributed by atoms with van der Waals surface area (Å²) < 4.78 is 83.7. The summed E-state index contributed by atoms with van der Waals surface area (Å²) in [4.78, 5) is 203. The molecule has 0 aromatic heterocycles. The second-order valence-corrected chi connectivity index (χ2v) is 38.2. The molecule has 3 aromatic rings. The van der Waals surface area contributed by atoms with E-state index in [9.17, 15) is 71.9 Å².